The van der Waals surface area contributed by atoms with E-state index >= 15 is 0 Å². The number of nitrogen functional groups attached to an aromatic ring is 1. The maximum absolute atomic E-state index is 11.9. The summed E-state index contributed by atoms with van der Waals surface area (Å²) in [5, 5.41) is 0. The lowest BCUT2D eigenvalue weighted by Crippen LogP contribution is -2.38. The Morgan fingerprint density at radius 2 is 1.82 bits per heavy atom. The van der Waals surface area contributed by atoms with Gasteiger partial charge in [-0.25, -0.2) is 5.43 Å². The third-order valence-electron chi connectivity index (χ3n) is 3.92. The molecule has 0 aromatic heterocycles. The van der Waals surface area contributed by atoms with Gasteiger partial charge in [0.25, 0.3) is 0 Å². The number of carbonyl (C=O) groups is 1. The highest BCUT2D eigenvalue weighted by Crippen LogP contribution is 2.39. The summed E-state index contributed by atoms with van der Waals surface area (Å²) in [6.07, 6.45) is 0.296. The minimum atomic E-state index is -0.170. The van der Waals surface area contributed by atoms with Crippen molar-refractivity contribution in [2.45, 2.75) is 12.5 Å². The summed E-state index contributed by atoms with van der Waals surface area (Å²) in [4.78, 5) is 11.9. The number of hydrogen-bond acceptors (Lipinski definition) is 5. The van der Waals surface area contributed by atoms with Crippen molar-refractivity contribution in [1.82, 2.24) is 10.9 Å². The van der Waals surface area contributed by atoms with Gasteiger partial charge in [0.05, 0.1) is 12.5 Å². The zero-order valence-electron chi connectivity index (χ0n) is 11.8. The maximum Gasteiger partial charge on any atom is 0.238 e. The van der Waals surface area contributed by atoms with Gasteiger partial charge < -0.3 is 15.2 Å². The molecule has 6 heteroatoms. The first-order chi connectivity index (χ1) is 10.7. The normalized spacial score (nSPS) is 19.3. The number of hydrazine groups is 1. The van der Waals surface area contributed by atoms with Crippen LogP contribution in [0.3, 0.4) is 0 Å². The summed E-state index contributed by atoms with van der Waals surface area (Å²) >= 11 is 0. The van der Waals surface area contributed by atoms with Crippen LogP contribution in [0.15, 0.2) is 36.4 Å². The largest absolute Gasteiger partial charge is 0.454 e. The molecule has 0 radical (unpaired) electrons. The summed E-state index contributed by atoms with van der Waals surface area (Å²) in [7, 11) is 0. The number of anilines is 1. The molecule has 1 amide bonds. The number of ether oxygens (including phenoxy) is 2. The quantitative estimate of drug-likeness (QED) is 0.690. The van der Waals surface area contributed by atoms with Crippen molar-refractivity contribution in [1.29, 1.82) is 0 Å². The molecule has 112 valence electrons. The van der Waals surface area contributed by atoms with Crippen molar-refractivity contribution in [3.05, 3.63) is 53.1 Å². The fourth-order valence-electron chi connectivity index (χ4n) is 2.82. The molecule has 1 unspecified atom stereocenters. The van der Waals surface area contributed by atoms with Crippen LogP contribution in [-0.4, -0.2) is 12.7 Å². The third kappa shape index (κ3) is 2.14. The monoisotopic (exact) mass is 297 g/mol. The highest BCUT2D eigenvalue weighted by atomic mass is 16.7. The average molecular weight is 297 g/mol. The van der Waals surface area contributed by atoms with E-state index in [1.807, 2.05) is 36.4 Å². The van der Waals surface area contributed by atoms with Gasteiger partial charge >= 0.3 is 0 Å². The second kappa shape index (κ2) is 4.92. The lowest BCUT2D eigenvalue weighted by molar-refractivity contribution is -0.121. The summed E-state index contributed by atoms with van der Waals surface area (Å²) in [6.45, 7) is 0.213. The van der Waals surface area contributed by atoms with Gasteiger partial charge in [0.1, 0.15) is 0 Å². The highest BCUT2D eigenvalue weighted by Gasteiger charge is 2.27. The van der Waals surface area contributed by atoms with Crippen LogP contribution in [0.2, 0.25) is 0 Å². The average Bonchev–Trinajstić information content (AvgIpc) is 2.89. The molecule has 22 heavy (non-hydrogen) atoms. The molecule has 2 aromatic rings. The molecule has 2 aliphatic rings. The van der Waals surface area contributed by atoms with Gasteiger partial charge in [0.2, 0.25) is 12.7 Å². The van der Waals surface area contributed by atoms with Crippen LogP contribution < -0.4 is 26.1 Å². The van der Waals surface area contributed by atoms with Crippen LogP contribution in [0, 0.1) is 0 Å². The van der Waals surface area contributed by atoms with E-state index in [9.17, 15) is 4.79 Å². The van der Waals surface area contributed by atoms with Crippen LogP contribution in [0.1, 0.15) is 22.7 Å². The van der Waals surface area contributed by atoms with E-state index in [-0.39, 0.29) is 18.7 Å². The summed E-state index contributed by atoms with van der Waals surface area (Å²) in [6, 6.07) is 11.2. The van der Waals surface area contributed by atoms with E-state index < -0.39 is 0 Å². The molecule has 0 bridgehead atoms. The molecule has 4 rings (SSSR count). The predicted octanol–water partition coefficient (Wildman–Crippen LogP) is 1.26. The molecule has 0 saturated heterocycles. The Bertz CT molecular complexity index is 743. The van der Waals surface area contributed by atoms with Crippen molar-refractivity contribution >= 4 is 11.6 Å². The zero-order chi connectivity index (χ0) is 15.1. The number of nitrogens with one attached hydrogen (secondary N) is 2. The van der Waals surface area contributed by atoms with Gasteiger partial charge in [-0.05, 0) is 41.0 Å². The summed E-state index contributed by atoms with van der Waals surface area (Å²) < 4.78 is 10.9. The Hall–Kier alpha value is -2.73. The molecule has 2 aliphatic heterocycles. The molecular weight excluding hydrogens is 282 g/mol. The molecule has 4 N–H and O–H groups in total. The van der Waals surface area contributed by atoms with Crippen LogP contribution in [-0.2, 0) is 11.2 Å². The Balaban J connectivity index is 1.83. The van der Waals surface area contributed by atoms with Crippen LogP contribution in [0.25, 0.3) is 0 Å². The van der Waals surface area contributed by atoms with Gasteiger partial charge in [-0.15, -0.1) is 0 Å². The second-order valence-electron chi connectivity index (χ2n) is 5.37. The van der Waals surface area contributed by atoms with Crippen LogP contribution in [0.5, 0.6) is 11.5 Å². The van der Waals surface area contributed by atoms with Gasteiger partial charge in [-0.3, -0.25) is 10.2 Å². The molecule has 2 heterocycles. The minimum Gasteiger partial charge on any atom is -0.454 e. The summed E-state index contributed by atoms with van der Waals surface area (Å²) in [5.74, 6) is 1.30. The van der Waals surface area contributed by atoms with Gasteiger partial charge in [-0.1, -0.05) is 12.1 Å². The van der Waals surface area contributed by atoms with E-state index in [0.717, 1.165) is 16.7 Å². The molecule has 0 spiro atoms. The van der Waals surface area contributed by atoms with E-state index in [0.29, 0.717) is 23.6 Å². The van der Waals surface area contributed by atoms with Crippen molar-refractivity contribution in [3.63, 3.8) is 0 Å². The fourth-order valence-corrected chi connectivity index (χ4v) is 2.82. The molecule has 2 aromatic carbocycles. The van der Waals surface area contributed by atoms with Crippen LogP contribution in [0.4, 0.5) is 5.69 Å². The number of nitrogens with two attached hydrogens (primary N) is 1. The van der Waals surface area contributed by atoms with Crippen molar-refractivity contribution < 1.29 is 14.3 Å². The van der Waals surface area contributed by atoms with Gasteiger partial charge in [0.15, 0.2) is 11.5 Å². The first-order valence-electron chi connectivity index (χ1n) is 7.03. The number of fused-ring (bicyclic) bond motifs is 2. The van der Waals surface area contributed by atoms with Crippen molar-refractivity contribution in [2.24, 2.45) is 0 Å². The number of benzene rings is 2. The van der Waals surface area contributed by atoms with E-state index in [2.05, 4.69) is 10.9 Å². The lowest BCUT2D eigenvalue weighted by atomic mass is 9.93. The molecule has 0 aliphatic carbocycles. The fraction of sp³-hybridized carbons (Fsp3) is 0.188. The molecule has 0 saturated carbocycles. The standard InChI is InChI=1S/C16H15N3O3/c17-11-3-1-9(2-4-11)16-12-7-14-13(21-8-22-14)5-10(12)6-15(20)18-19-16/h1-5,7,16,19H,6,8,17H2,(H,18,20). The topological polar surface area (TPSA) is 85.6 Å². The Morgan fingerprint density at radius 1 is 1.09 bits per heavy atom. The first-order valence-corrected chi connectivity index (χ1v) is 7.03. The van der Waals surface area contributed by atoms with E-state index in [4.69, 9.17) is 15.2 Å². The zero-order valence-corrected chi connectivity index (χ0v) is 11.8. The van der Waals surface area contributed by atoms with E-state index in [1.54, 1.807) is 0 Å². The molecule has 0 fully saturated rings. The highest BCUT2D eigenvalue weighted by molar-refractivity contribution is 5.80. The molecule has 6 nitrogen and oxygen atoms in total. The molecular formula is C16H15N3O3. The van der Waals surface area contributed by atoms with Gasteiger partial charge in [0, 0.05) is 5.69 Å². The van der Waals surface area contributed by atoms with Crippen LogP contribution >= 0.6 is 0 Å². The lowest BCUT2D eigenvalue weighted by Gasteiger charge is -2.19. The Labute approximate surface area is 127 Å². The third-order valence-corrected chi connectivity index (χ3v) is 3.92. The molecule has 1 atom stereocenters. The number of hydrogen-bond donors (Lipinski definition) is 3. The maximum atomic E-state index is 11.9. The SMILES string of the molecule is Nc1ccc(C2NNC(=O)Cc3cc4c(cc32)OCO4)cc1. The number of carbonyl (C=O) groups excluding carboxylic acids is 1. The van der Waals surface area contributed by atoms with Crippen molar-refractivity contribution in [3.8, 4) is 11.5 Å². The smallest absolute Gasteiger partial charge is 0.238 e. The van der Waals surface area contributed by atoms with Crippen molar-refractivity contribution in [2.75, 3.05) is 12.5 Å². The second-order valence-corrected chi connectivity index (χ2v) is 5.37. The number of amides is 1. The first kappa shape index (κ1) is 13.0. The predicted molar refractivity (Wildman–Crippen MR) is 80.2 cm³/mol. The minimum absolute atomic E-state index is 0.0851. The Kier molecular flexibility index (Phi) is 2.90. The van der Waals surface area contributed by atoms with Gasteiger partial charge in [-0.2, -0.15) is 0 Å². The Morgan fingerprint density at radius 3 is 2.59 bits per heavy atom. The summed E-state index contributed by atoms with van der Waals surface area (Å²) in [5.41, 5.74) is 15.2. The van der Waals surface area contributed by atoms with E-state index in [1.165, 1.54) is 0 Å². The number of rotatable bonds is 1.